The van der Waals surface area contributed by atoms with Gasteiger partial charge >= 0.3 is 0 Å². The third-order valence-corrected chi connectivity index (χ3v) is 5.10. The fourth-order valence-corrected chi connectivity index (χ4v) is 4.01. The number of phenols is 1. The average molecular weight is 361 g/mol. The Morgan fingerprint density at radius 2 is 1.78 bits per heavy atom. The number of hydrogen-bond donors (Lipinski definition) is 2. The van der Waals surface area contributed by atoms with Gasteiger partial charge in [-0.3, -0.25) is 4.79 Å². The lowest BCUT2D eigenvalue weighted by molar-refractivity contribution is 0.0858. The first kappa shape index (κ1) is 17.4. The van der Waals surface area contributed by atoms with Crippen LogP contribution >= 0.6 is 0 Å². The van der Waals surface area contributed by atoms with Gasteiger partial charge in [0.15, 0.2) is 0 Å². The Balaban J connectivity index is 1.82. The van der Waals surface area contributed by atoms with E-state index in [1.807, 2.05) is 42.5 Å². The second kappa shape index (κ2) is 6.62. The van der Waals surface area contributed by atoms with Gasteiger partial charge in [0, 0.05) is 21.9 Å². The fourth-order valence-electron chi connectivity index (χ4n) is 4.01. The van der Waals surface area contributed by atoms with Gasteiger partial charge in [0.2, 0.25) is 0 Å². The highest BCUT2D eigenvalue weighted by atomic mass is 16.5. The molecule has 0 radical (unpaired) electrons. The molecule has 1 amide bonds. The molecule has 0 fully saturated rings. The molecule has 4 heteroatoms. The lowest BCUT2D eigenvalue weighted by Crippen LogP contribution is -2.48. The molecule has 138 valence electrons. The highest BCUT2D eigenvalue weighted by Gasteiger charge is 2.44. The first-order valence-electron chi connectivity index (χ1n) is 9.26. The van der Waals surface area contributed by atoms with Gasteiger partial charge < -0.3 is 15.2 Å². The Kier molecular flexibility index (Phi) is 4.27. The van der Waals surface area contributed by atoms with Crippen LogP contribution in [0.5, 0.6) is 11.5 Å². The van der Waals surface area contributed by atoms with Crippen LogP contribution in [0.3, 0.4) is 0 Å². The minimum Gasteiger partial charge on any atom is -0.507 e. The molecule has 3 aromatic carbocycles. The first-order chi connectivity index (χ1) is 13.0. The number of phenolic OH excluding ortho intramolecular Hbond substituents is 1. The summed E-state index contributed by atoms with van der Waals surface area (Å²) in [5.74, 6) is 1.15. The van der Waals surface area contributed by atoms with E-state index in [0.29, 0.717) is 18.1 Å². The number of benzene rings is 3. The summed E-state index contributed by atoms with van der Waals surface area (Å²) in [5, 5.41) is 15.4. The Morgan fingerprint density at radius 1 is 1.11 bits per heavy atom. The van der Waals surface area contributed by atoms with Crippen LogP contribution in [0.4, 0.5) is 0 Å². The molecule has 0 aliphatic carbocycles. The molecule has 4 rings (SSSR count). The fraction of sp³-hybridized carbons (Fsp3) is 0.261. The van der Waals surface area contributed by atoms with Crippen molar-refractivity contribution in [1.82, 2.24) is 5.32 Å². The van der Waals surface area contributed by atoms with Crippen LogP contribution in [0, 0.1) is 5.92 Å². The van der Waals surface area contributed by atoms with Crippen LogP contribution in [0.25, 0.3) is 10.8 Å². The van der Waals surface area contributed by atoms with Gasteiger partial charge in [0.05, 0.1) is 0 Å². The predicted molar refractivity (Wildman–Crippen MR) is 106 cm³/mol. The molecule has 0 saturated carbocycles. The maximum atomic E-state index is 12.9. The number of ether oxygens (including phenoxy) is 1. The number of nitrogens with one attached hydrogen (secondary N) is 1. The number of hydrogen-bond acceptors (Lipinski definition) is 3. The second-order valence-corrected chi connectivity index (χ2v) is 7.61. The number of carbonyl (C=O) groups is 1. The molecule has 4 nitrogen and oxygen atoms in total. The van der Waals surface area contributed by atoms with Crippen LogP contribution in [0.2, 0.25) is 0 Å². The molecule has 3 aromatic rings. The van der Waals surface area contributed by atoms with E-state index in [1.165, 1.54) is 0 Å². The molecule has 0 aromatic heterocycles. The molecule has 27 heavy (non-hydrogen) atoms. The van der Waals surface area contributed by atoms with E-state index in [0.717, 1.165) is 28.5 Å². The Labute approximate surface area is 158 Å². The topological polar surface area (TPSA) is 58.6 Å². The molecular weight excluding hydrogens is 338 g/mol. The maximum absolute atomic E-state index is 12.9. The summed E-state index contributed by atoms with van der Waals surface area (Å²) in [6, 6.07) is 18.6. The average Bonchev–Trinajstić information content (AvgIpc) is 3.00. The van der Waals surface area contributed by atoms with Gasteiger partial charge in [-0.1, -0.05) is 56.3 Å². The molecule has 1 heterocycles. The normalized spacial score (nSPS) is 18.3. The van der Waals surface area contributed by atoms with Crippen molar-refractivity contribution in [3.63, 3.8) is 0 Å². The van der Waals surface area contributed by atoms with Gasteiger partial charge in [-0.15, -0.1) is 0 Å². The Hall–Kier alpha value is -3.01. The van der Waals surface area contributed by atoms with Crippen molar-refractivity contribution in [2.45, 2.75) is 25.8 Å². The van der Waals surface area contributed by atoms with Gasteiger partial charge in [-0.25, -0.2) is 0 Å². The van der Waals surface area contributed by atoms with Crippen LogP contribution in [-0.2, 0) is 5.54 Å². The zero-order chi connectivity index (χ0) is 19.0. The maximum Gasteiger partial charge on any atom is 0.252 e. The summed E-state index contributed by atoms with van der Waals surface area (Å²) < 4.78 is 6.09. The first-order valence-corrected chi connectivity index (χ1v) is 9.26. The van der Waals surface area contributed by atoms with Crippen molar-refractivity contribution in [1.29, 1.82) is 0 Å². The minimum absolute atomic E-state index is 0.139. The van der Waals surface area contributed by atoms with Crippen LogP contribution in [-0.4, -0.2) is 17.6 Å². The number of aromatic hydroxyl groups is 1. The van der Waals surface area contributed by atoms with E-state index in [9.17, 15) is 9.90 Å². The molecule has 0 saturated heterocycles. The van der Waals surface area contributed by atoms with Crippen molar-refractivity contribution in [2.24, 2.45) is 5.92 Å². The molecule has 2 N–H and O–H groups in total. The van der Waals surface area contributed by atoms with Crippen LogP contribution in [0.1, 0.15) is 36.2 Å². The van der Waals surface area contributed by atoms with Crippen molar-refractivity contribution < 1.29 is 14.6 Å². The molecule has 0 unspecified atom stereocenters. The van der Waals surface area contributed by atoms with E-state index in [2.05, 4.69) is 19.2 Å². The van der Waals surface area contributed by atoms with Gasteiger partial charge in [-0.05, 0) is 30.5 Å². The summed E-state index contributed by atoms with van der Waals surface area (Å²) >= 11 is 0. The van der Waals surface area contributed by atoms with Crippen LogP contribution < -0.4 is 10.1 Å². The SMILES string of the molecule is CC(C)C[C@]1(NC(=O)c2ccccc2)COc2c1cc(O)c1ccccc21. The van der Waals surface area contributed by atoms with Crippen LogP contribution in [0.15, 0.2) is 60.7 Å². The summed E-state index contributed by atoms with van der Waals surface area (Å²) in [7, 11) is 0. The van der Waals surface area contributed by atoms with E-state index in [4.69, 9.17) is 4.74 Å². The molecular formula is C23H23NO3. The largest absolute Gasteiger partial charge is 0.507 e. The van der Waals surface area contributed by atoms with E-state index >= 15 is 0 Å². The number of amides is 1. The van der Waals surface area contributed by atoms with Gasteiger partial charge in [-0.2, -0.15) is 0 Å². The minimum atomic E-state index is -0.669. The van der Waals surface area contributed by atoms with E-state index in [1.54, 1.807) is 18.2 Å². The lowest BCUT2D eigenvalue weighted by Gasteiger charge is -2.31. The van der Waals surface area contributed by atoms with Crippen molar-refractivity contribution in [3.05, 3.63) is 71.8 Å². The highest BCUT2D eigenvalue weighted by molar-refractivity contribution is 5.97. The summed E-state index contributed by atoms with van der Waals surface area (Å²) in [4.78, 5) is 12.9. The predicted octanol–water partition coefficient (Wildman–Crippen LogP) is 4.61. The standard InChI is InChI=1S/C23H23NO3/c1-15(2)13-23(24-22(26)16-8-4-3-5-9-16)14-27-21-18-11-7-6-10-17(18)20(25)12-19(21)23/h3-12,15,25H,13-14H2,1-2H3,(H,24,26)/t23-/m0/s1. The van der Waals surface area contributed by atoms with Crippen molar-refractivity contribution >= 4 is 16.7 Å². The Bertz CT molecular complexity index is 997. The molecule has 1 aliphatic heterocycles. The van der Waals surface area contributed by atoms with Gasteiger partial charge in [0.25, 0.3) is 5.91 Å². The van der Waals surface area contributed by atoms with Crippen molar-refractivity contribution in [3.8, 4) is 11.5 Å². The van der Waals surface area contributed by atoms with E-state index in [-0.39, 0.29) is 11.7 Å². The zero-order valence-corrected chi connectivity index (χ0v) is 15.5. The highest BCUT2D eigenvalue weighted by Crippen LogP contribution is 2.47. The number of rotatable bonds is 4. The molecule has 0 bridgehead atoms. The van der Waals surface area contributed by atoms with Crippen molar-refractivity contribution in [2.75, 3.05) is 6.61 Å². The second-order valence-electron chi connectivity index (χ2n) is 7.61. The summed E-state index contributed by atoms with van der Waals surface area (Å²) in [5.41, 5.74) is 0.786. The summed E-state index contributed by atoms with van der Waals surface area (Å²) in [6.45, 7) is 4.59. The molecule has 1 atom stereocenters. The quantitative estimate of drug-likeness (QED) is 0.713. The third kappa shape index (κ3) is 3.01. The van der Waals surface area contributed by atoms with Gasteiger partial charge in [0.1, 0.15) is 23.6 Å². The summed E-state index contributed by atoms with van der Waals surface area (Å²) in [6.07, 6.45) is 0.719. The van der Waals surface area contributed by atoms with E-state index < -0.39 is 5.54 Å². The molecule has 1 aliphatic rings. The number of fused-ring (bicyclic) bond motifs is 3. The number of carbonyl (C=O) groups excluding carboxylic acids is 1. The lowest BCUT2D eigenvalue weighted by atomic mass is 9.82. The smallest absolute Gasteiger partial charge is 0.252 e. The Morgan fingerprint density at radius 3 is 2.48 bits per heavy atom. The zero-order valence-electron chi connectivity index (χ0n) is 15.5. The molecule has 0 spiro atoms. The monoisotopic (exact) mass is 361 g/mol. The third-order valence-electron chi connectivity index (χ3n) is 5.10.